The Kier molecular flexibility index (Phi) is 5.78. The number of aromatic hydroxyl groups is 1. The predicted octanol–water partition coefficient (Wildman–Crippen LogP) is 3.09. The summed E-state index contributed by atoms with van der Waals surface area (Å²) >= 11 is 0. The molecule has 1 N–H and O–H groups in total. The molecule has 3 heterocycles. The second-order valence-electron chi connectivity index (χ2n) is 8.03. The fraction of sp³-hybridized carbons (Fsp3) is 0.545. The molecule has 4 rings (SSSR count). The third-order valence-corrected chi connectivity index (χ3v) is 6.01. The molecular weight excluding hydrogens is 352 g/mol. The molecule has 150 valence electrons. The number of phenols is 1. The van der Waals surface area contributed by atoms with Gasteiger partial charge in [0.15, 0.2) is 5.82 Å². The van der Waals surface area contributed by atoms with Crippen molar-refractivity contribution in [3.8, 4) is 17.1 Å². The molecule has 2 aromatic rings. The summed E-state index contributed by atoms with van der Waals surface area (Å²) in [5.41, 5.74) is 1.61. The first-order valence-corrected chi connectivity index (χ1v) is 10.3. The molecule has 2 aliphatic heterocycles. The lowest BCUT2D eigenvalue weighted by Gasteiger charge is -2.37. The number of likely N-dealkylation sites (tertiary alicyclic amines) is 1. The zero-order chi connectivity index (χ0) is 19.5. The number of benzene rings is 1. The average Bonchev–Trinajstić information content (AvgIpc) is 3.17. The molecule has 2 fully saturated rings. The maximum absolute atomic E-state index is 10.2. The van der Waals surface area contributed by atoms with E-state index in [2.05, 4.69) is 14.8 Å². The summed E-state index contributed by atoms with van der Waals surface area (Å²) < 4.78 is 5.34. The van der Waals surface area contributed by atoms with Gasteiger partial charge in [0.25, 0.3) is 0 Å². The van der Waals surface area contributed by atoms with Crippen LogP contribution in [0.4, 0.5) is 5.82 Å². The zero-order valence-electron chi connectivity index (χ0n) is 16.8. The van der Waals surface area contributed by atoms with Crippen LogP contribution in [0, 0.1) is 12.8 Å². The number of anilines is 1. The monoisotopic (exact) mass is 382 g/mol. The van der Waals surface area contributed by atoms with E-state index in [9.17, 15) is 5.11 Å². The van der Waals surface area contributed by atoms with E-state index in [-0.39, 0.29) is 5.75 Å². The maximum atomic E-state index is 10.2. The van der Waals surface area contributed by atoms with Gasteiger partial charge < -0.3 is 14.7 Å². The number of piperidine rings is 1. The maximum Gasteiger partial charge on any atom is 0.165 e. The molecular formula is C22H30N4O2. The highest BCUT2D eigenvalue weighted by molar-refractivity contribution is 5.65. The molecule has 1 atom stereocenters. The Bertz CT molecular complexity index is 805. The van der Waals surface area contributed by atoms with E-state index in [0.717, 1.165) is 44.0 Å². The number of phenolic OH excluding ortho intramolecular Hbond substituents is 1. The van der Waals surface area contributed by atoms with E-state index in [0.29, 0.717) is 23.3 Å². The molecule has 2 saturated heterocycles. The number of methoxy groups -OCH3 is 1. The highest BCUT2D eigenvalue weighted by Crippen LogP contribution is 2.30. The summed E-state index contributed by atoms with van der Waals surface area (Å²) in [6.45, 7) is 7.25. The van der Waals surface area contributed by atoms with E-state index in [4.69, 9.17) is 9.72 Å². The van der Waals surface area contributed by atoms with E-state index in [1.807, 2.05) is 31.2 Å². The third-order valence-electron chi connectivity index (χ3n) is 6.01. The molecule has 0 radical (unpaired) electrons. The van der Waals surface area contributed by atoms with Gasteiger partial charge in [0.1, 0.15) is 11.6 Å². The number of hydrogen-bond donors (Lipinski definition) is 1. The van der Waals surface area contributed by atoms with E-state index >= 15 is 0 Å². The summed E-state index contributed by atoms with van der Waals surface area (Å²) in [5, 5.41) is 10.2. The second kappa shape index (κ2) is 8.45. The SMILES string of the molecule is COC[C@H]1CCN(C2CCN(c3cc(C)nc(-c4ccccc4O)n3)CC2)C1. The van der Waals surface area contributed by atoms with Crippen LogP contribution in [0.2, 0.25) is 0 Å². The van der Waals surface area contributed by atoms with Gasteiger partial charge in [-0.25, -0.2) is 9.97 Å². The van der Waals surface area contributed by atoms with Crippen molar-refractivity contribution in [2.45, 2.75) is 32.2 Å². The first kappa shape index (κ1) is 19.2. The first-order chi connectivity index (χ1) is 13.6. The van der Waals surface area contributed by atoms with Gasteiger partial charge in [-0.05, 0) is 50.8 Å². The molecule has 6 heteroatoms. The van der Waals surface area contributed by atoms with Crippen LogP contribution in [-0.2, 0) is 4.74 Å². The third kappa shape index (κ3) is 4.13. The van der Waals surface area contributed by atoms with Gasteiger partial charge in [-0.15, -0.1) is 0 Å². The lowest BCUT2D eigenvalue weighted by Crippen LogP contribution is -2.44. The predicted molar refractivity (Wildman–Crippen MR) is 111 cm³/mol. The van der Waals surface area contributed by atoms with E-state index < -0.39 is 0 Å². The fourth-order valence-electron chi connectivity index (χ4n) is 4.52. The Morgan fingerprint density at radius 1 is 1.11 bits per heavy atom. The topological polar surface area (TPSA) is 61.7 Å². The van der Waals surface area contributed by atoms with Gasteiger partial charge in [0.2, 0.25) is 0 Å². The Labute approximate surface area is 167 Å². The van der Waals surface area contributed by atoms with Crippen molar-refractivity contribution in [2.75, 3.05) is 44.8 Å². The second-order valence-corrected chi connectivity index (χ2v) is 8.03. The van der Waals surface area contributed by atoms with Gasteiger partial charge in [-0.2, -0.15) is 0 Å². The lowest BCUT2D eigenvalue weighted by molar-refractivity contribution is 0.142. The number of aromatic nitrogens is 2. The Morgan fingerprint density at radius 2 is 1.89 bits per heavy atom. The van der Waals surface area contributed by atoms with Crippen LogP contribution in [0.15, 0.2) is 30.3 Å². The van der Waals surface area contributed by atoms with E-state index in [1.165, 1.54) is 19.5 Å². The molecule has 0 saturated carbocycles. The summed E-state index contributed by atoms with van der Waals surface area (Å²) in [4.78, 5) is 14.3. The summed E-state index contributed by atoms with van der Waals surface area (Å²) in [6, 6.07) is 9.98. The lowest BCUT2D eigenvalue weighted by atomic mass is 10.0. The van der Waals surface area contributed by atoms with Crippen LogP contribution in [0.1, 0.15) is 25.0 Å². The number of hydrogen-bond acceptors (Lipinski definition) is 6. The van der Waals surface area contributed by atoms with Crippen LogP contribution in [0.3, 0.4) is 0 Å². The number of rotatable bonds is 5. The quantitative estimate of drug-likeness (QED) is 0.857. The van der Waals surface area contributed by atoms with Crippen LogP contribution in [-0.4, -0.2) is 65.9 Å². The van der Waals surface area contributed by atoms with Gasteiger partial charge in [-0.3, -0.25) is 4.90 Å². The van der Waals surface area contributed by atoms with Gasteiger partial charge in [-0.1, -0.05) is 12.1 Å². The summed E-state index contributed by atoms with van der Waals surface area (Å²) in [5.74, 6) is 2.46. The minimum absolute atomic E-state index is 0.220. The number of aryl methyl sites for hydroxylation is 1. The van der Waals surface area contributed by atoms with Crippen LogP contribution >= 0.6 is 0 Å². The molecule has 0 aliphatic carbocycles. The number of para-hydroxylation sites is 1. The van der Waals surface area contributed by atoms with Crippen molar-refractivity contribution < 1.29 is 9.84 Å². The largest absolute Gasteiger partial charge is 0.507 e. The van der Waals surface area contributed by atoms with Gasteiger partial charge in [0, 0.05) is 44.5 Å². The number of ether oxygens (including phenoxy) is 1. The molecule has 28 heavy (non-hydrogen) atoms. The molecule has 2 aliphatic rings. The zero-order valence-corrected chi connectivity index (χ0v) is 16.8. The van der Waals surface area contributed by atoms with Gasteiger partial charge in [0.05, 0.1) is 12.2 Å². The van der Waals surface area contributed by atoms with Crippen molar-refractivity contribution in [1.82, 2.24) is 14.9 Å². The van der Waals surface area contributed by atoms with Crippen molar-refractivity contribution in [2.24, 2.45) is 5.92 Å². The standard InChI is InChI=1S/C22H30N4O2/c1-16-13-21(24-22(23-16)19-5-3-4-6-20(19)27)25-11-8-18(9-12-25)26-10-7-17(14-26)15-28-2/h3-6,13,17-18,27H,7-12,14-15H2,1-2H3/t17-/m0/s1. The minimum Gasteiger partial charge on any atom is -0.507 e. The average molecular weight is 383 g/mol. The van der Waals surface area contributed by atoms with Crippen molar-refractivity contribution in [3.05, 3.63) is 36.0 Å². The normalized spacial score (nSPS) is 21.4. The Hall–Kier alpha value is -2.18. The number of nitrogens with zero attached hydrogens (tertiary/aromatic N) is 4. The summed E-state index contributed by atoms with van der Waals surface area (Å²) in [6.07, 6.45) is 3.58. The van der Waals surface area contributed by atoms with Crippen LogP contribution in [0.25, 0.3) is 11.4 Å². The van der Waals surface area contributed by atoms with E-state index in [1.54, 1.807) is 13.2 Å². The Balaban J connectivity index is 1.43. The van der Waals surface area contributed by atoms with Gasteiger partial charge >= 0.3 is 0 Å². The molecule has 0 unspecified atom stereocenters. The fourth-order valence-corrected chi connectivity index (χ4v) is 4.52. The van der Waals surface area contributed by atoms with Crippen molar-refractivity contribution in [3.63, 3.8) is 0 Å². The molecule has 6 nitrogen and oxygen atoms in total. The molecule has 1 aromatic heterocycles. The molecule has 0 bridgehead atoms. The summed E-state index contributed by atoms with van der Waals surface area (Å²) in [7, 11) is 1.80. The van der Waals surface area contributed by atoms with Crippen LogP contribution < -0.4 is 4.90 Å². The van der Waals surface area contributed by atoms with Crippen molar-refractivity contribution in [1.29, 1.82) is 0 Å². The smallest absolute Gasteiger partial charge is 0.165 e. The Morgan fingerprint density at radius 3 is 2.64 bits per heavy atom. The highest BCUT2D eigenvalue weighted by atomic mass is 16.5. The van der Waals surface area contributed by atoms with Crippen LogP contribution in [0.5, 0.6) is 5.75 Å². The molecule has 1 aromatic carbocycles. The highest BCUT2D eigenvalue weighted by Gasteiger charge is 2.31. The molecule has 0 amide bonds. The first-order valence-electron chi connectivity index (χ1n) is 10.3. The minimum atomic E-state index is 0.220. The molecule has 0 spiro atoms. The van der Waals surface area contributed by atoms with Crippen molar-refractivity contribution >= 4 is 5.82 Å².